The molecule has 0 bridgehead atoms. The molecule has 1 heterocycles. The summed E-state index contributed by atoms with van der Waals surface area (Å²) in [6, 6.07) is 0. The quantitative estimate of drug-likeness (QED) is 0.364. The number of pyridine rings is 1. The van der Waals surface area contributed by atoms with Crippen LogP contribution in [0.3, 0.4) is 0 Å². The molecule has 0 spiro atoms. The second-order valence-corrected chi connectivity index (χ2v) is 2.18. The Balaban J connectivity index is 3.28. The van der Waals surface area contributed by atoms with E-state index in [9.17, 15) is 18.8 Å². The van der Waals surface area contributed by atoms with Crippen molar-refractivity contribution in [1.29, 1.82) is 0 Å². The molecule has 13 heavy (non-hydrogen) atoms. The molecular formula is C7H5F2NO3. The zero-order valence-corrected chi connectivity index (χ0v) is 6.58. The van der Waals surface area contributed by atoms with Crippen molar-refractivity contribution >= 4 is 5.97 Å². The standard InChI is InChI=1S/C7H5F2NO3/c1-13-7(11)6-4(8)2-10(12)3-5(6)9/h2-3H,1H3. The SMILES string of the molecule is COC(=O)c1c(F)c[n+]([O-])cc1F. The smallest absolute Gasteiger partial charge is 0.344 e. The fraction of sp³-hybridized carbons (Fsp3) is 0.143. The van der Waals surface area contributed by atoms with Crippen LogP contribution in [-0.2, 0) is 4.74 Å². The minimum absolute atomic E-state index is 0.0723. The first-order valence-electron chi connectivity index (χ1n) is 3.22. The van der Waals surface area contributed by atoms with Crippen molar-refractivity contribution in [2.75, 3.05) is 7.11 Å². The Morgan fingerprint density at radius 1 is 1.46 bits per heavy atom. The fourth-order valence-corrected chi connectivity index (χ4v) is 0.801. The van der Waals surface area contributed by atoms with E-state index in [1.54, 1.807) is 0 Å². The van der Waals surface area contributed by atoms with Crippen LogP contribution < -0.4 is 4.73 Å². The van der Waals surface area contributed by atoms with Gasteiger partial charge in [0.2, 0.25) is 24.0 Å². The molecule has 70 valence electrons. The molecule has 0 aliphatic carbocycles. The van der Waals surface area contributed by atoms with E-state index in [2.05, 4.69) is 4.74 Å². The summed E-state index contributed by atoms with van der Waals surface area (Å²) in [7, 11) is 0.986. The molecule has 0 aliphatic heterocycles. The van der Waals surface area contributed by atoms with Crippen molar-refractivity contribution in [3.05, 3.63) is 34.8 Å². The van der Waals surface area contributed by atoms with Crippen molar-refractivity contribution in [3.8, 4) is 0 Å². The van der Waals surface area contributed by atoms with E-state index in [4.69, 9.17) is 0 Å². The van der Waals surface area contributed by atoms with E-state index in [0.717, 1.165) is 7.11 Å². The van der Waals surface area contributed by atoms with Gasteiger partial charge in [-0.15, -0.1) is 0 Å². The maximum atomic E-state index is 12.8. The van der Waals surface area contributed by atoms with Crippen molar-refractivity contribution in [2.45, 2.75) is 0 Å². The first-order chi connectivity index (χ1) is 6.06. The molecule has 0 aromatic carbocycles. The van der Waals surface area contributed by atoms with Crippen LogP contribution in [0.1, 0.15) is 10.4 Å². The van der Waals surface area contributed by atoms with E-state index in [1.807, 2.05) is 0 Å². The van der Waals surface area contributed by atoms with Crippen molar-refractivity contribution in [1.82, 2.24) is 0 Å². The predicted molar refractivity (Wildman–Crippen MR) is 36.7 cm³/mol. The summed E-state index contributed by atoms with van der Waals surface area (Å²) >= 11 is 0. The van der Waals surface area contributed by atoms with Crippen LogP contribution in [0.5, 0.6) is 0 Å². The topological polar surface area (TPSA) is 53.2 Å². The fourth-order valence-electron chi connectivity index (χ4n) is 0.801. The number of methoxy groups -OCH3 is 1. The monoisotopic (exact) mass is 189 g/mol. The zero-order chi connectivity index (χ0) is 10.0. The molecule has 0 aliphatic rings. The number of nitrogens with zero attached hydrogens (tertiary/aromatic N) is 1. The summed E-state index contributed by atoms with van der Waals surface area (Å²) in [6.07, 6.45) is 0.880. The van der Waals surface area contributed by atoms with Crippen LogP contribution in [0, 0.1) is 16.8 Å². The van der Waals surface area contributed by atoms with Crippen LogP contribution in [0.2, 0.25) is 0 Å². The zero-order valence-electron chi connectivity index (χ0n) is 6.58. The molecule has 0 unspecified atom stereocenters. The average Bonchev–Trinajstić information content (AvgIpc) is 2.02. The predicted octanol–water partition coefficient (Wildman–Crippen LogP) is 0.385. The van der Waals surface area contributed by atoms with Crippen molar-refractivity contribution in [2.24, 2.45) is 0 Å². The highest BCUT2D eigenvalue weighted by Gasteiger charge is 2.21. The van der Waals surface area contributed by atoms with Crippen molar-refractivity contribution in [3.63, 3.8) is 0 Å². The molecule has 6 heteroatoms. The number of carbonyl (C=O) groups excluding carboxylic acids is 1. The third-order valence-electron chi connectivity index (χ3n) is 1.35. The summed E-state index contributed by atoms with van der Waals surface area (Å²) < 4.78 is 29.6. The normalized spacial score (nSPS) is 9.77. The van der Waals surface area contributed by atoms with Gasteiger partial charge in [-0.05, 0) is 0 Å². The summed E-state index contributed by atoms with van der Waals surface area (Å²) in [5, 5.41) is 10.5. The Morgan fingerprint density at radius 3 is 2.31 bits per heavy atom. The minimum Gasteiger partial charge on any atom is -0.619 e. The third kappa shape index (κ3) is 1.71. The highest BCUT2D eigenvalue weighted by molar-refractivity contribution is 5.89. The van der Waals surface area contributed by atoms with E-state index < -0.39 is 23.2 Å². The number of rotatable bonds is 1. The van der Waals surface area contributed by atoms with Crippen LogP contribution in [0.15, 0.2) is 12.4 Å². The molecule has 0 saturated carbocycles. The van der Waals surface area contributed by atoms with Gasteiger partial charge in [0.25, 0.3) is 0 Å². The van der Waals surface area contributed by atoms with E-state index in [0.29, 0.717) is 12.4 Å². The molecule has 1 aromatic heterocycles. The molecule has 4 nitrogen and oxygen atoms in total. The van der Waals surface area contributed by atoms with Gasteiger partial charge in [0.05, 0.1) is 7.11 Å². The number of carbonyl (C=O) groups is 1. The van der Waals surface area contributed by atoms with Crippen molar-refractivity contribution < 1.29 is 23.0 Å². The largest absolute Gasteiger partial charge is 0.619 e. The average molecular weight is 189 g/mol. The number of ether oxygens (including phenoxy) is 1. The first kappa shape index (κ1) is 9.37. The lowest BCUT2D eigenvalue weighted by Gasteiger charge is -2.01. The number of hydrogen-bond acceptors (Lipinski definition) is 3. The molecule has 0 amide bonds. The molecule has 0 atom stereocenters. The lowest BCUT2D eigenvalue weighted by Crippen LogP contribution is -2.28. The van der Waals surface area contributed by atoms with Gasteiger partial charge in [-0.3, -0.25) is 0 Å². The molecule has 0 N–H and O–H groups in total. The molecule has 0 saturated heterocycles. The molecular weight excluding hydrogens is 184 g/mol. The lowest BCUT2D eigenvalue weighted by atomic mass is 10.2. The highest BCUT2D eigenvalue weighted by atomic mass is 19.1. The second kappa shape index (κ2) is 3.34. The van der Waals surface area contributed by atoms with Crippen LogP contribution in [0.25, 0.3) is 0 Å². The van der Waals surface area contributed by atoms with Crippen LogP contribution >= 0.6 is 0 Å². The summed E-state index contributed by atoms with van der Waals surface area (Å²) in [4.78, 5) is 10.8. The number of halogens is 2. The Bertz CT molecular complexity index is 331. The molecule has 0 fully saturated rings. The van der Waals surface area contributed by atoms with Gasteiger partial charge < -0.3 is 9.94 Å². The number of esters is 1. The molecule has 1 rings (SSSR count). The number of aromatic nitrogens is 1. The Morgan fingerprint density at radius 2 is 1.92 bits per heavy atom. The minimum atomic E-state index is -1.25. The molecule has 0 radical (unpaired) electrons. The Labute approximate surface area is 71.9 Å². The Kier molecular flexibility index (Phi) is 2.41. The maximum absolute atomic E-state index is 12.8. The molecule has 1 aromatic rings. The highest BCUT2D eigenvalue weighted by Crippen LogP contribution is 2.10. The Hall–Kier alpha value is -1.72. The summed E-state index contributed by atoms with van der Waals surface area (Å²) in [5.74, 6) is -3.65. The van der Waals surface area contributed by atoms with Gasteiger partial charge in [-0.25, -0.2) is 4.79 Å². The van der Waals surface area contributed by atoms with E-state index in [1.165, 1.54) is 0 Å². The van der Waals surface area contributed by atoms with E-state index in [-0.39, 0.29) is 4.73 Å². The third-order valence-corrected chi connectivity index (χ3v) is 1.35. The lowest BCUT2D eigenvalue weighted by molar-refractivity contribution is -0.608. The van der Waals surface area contributed by atoms with Gasteiger partial charge in [-0.2, -0.15) is 13.5 Å². The number of hydrogen-bond donors (Lipinski definition) is 0. The van der Waals surface area contributed by atoms with Gasteiger partial charge in [-0.1, -0.05) is 0 Å². The van der Waals surface area contributed by atoms with Gasteiger partial charge in [0.1, 0.15) is 5.56 Å². The van der Waals surface area contributed by atoms with Crippen LogP contribution in [-0.4, -0.2) is 13.1 Å². The van der Waals surface area contributed by atoms with Crippen LogP contribution in [0.4, 0.5) is 8.78 Å². The van der Waals surface area contributed by atoms with Gasteiger partial charge in [0.15, 0.2) is 0 Å². The van der Waals surface area contributed by atoms with Gasteiger partial charge in [0, 0.05) is 0 Å². The first-order valence-corrected chi connectivity index (χ1v) is 3.22. The maximum Gasteiger partial charge on any atom is 0.344 e. The summed E-state index contributed by atoms with van der Waals surface area (Å²) in [5.41, 5.74) is -0.866. The van der Waals surface area contributed by atoms with Gasteiger partial charge >= 0.3 is 5.97 Å². The second-order valence-electron chi connectivity index (χ2n) is 2.18. The van der Waals surface area contributed by atoms with E-state index >= 15 is 0 Å². The summed E-state index contributed by atoms with van der Waals surface area (Å²) in [6.45, 7) is 0.